The fourth-order valence-electron chi connectivity index (χ4n) is 10.0. The fraction of sp³-hybridized carbons (Fsp3) is 0.429. The molecule has 4 aliphatic heterocycles. The molecule has 1 unspecified atom stereocenters. The van der Waals surface area contributed by atoms with Crippen molar-refractivity contribution in [1.29, 1.82) is 0 Å². The van der Waals surface area contributed by atoms with Crippen LogP contribution in [0.5, 0.6) is 0 Å². The lowest BCUT2D eigenvalue weighted by molar-refractivity contribution is 0.187. The van der Waals surface area contributed by atoms with E-state index in [2.05, 4.69) is 73.7 Å². The van der Waals surface area contributed by atoms with Gasteiger partial charge >= 0.3 is 0 Å². The Morgan fingerprint density at radius 3 is 1.20 bits per heavy atom. The highest BCUT2D eigenvalue weighted by Gasteiger charge is 2.36. The third-order valence-corrected chi connectivity index (χ3v) is 20.2. The average Bonchev–Trinajstić information content (AvgIpc) is 3.32. The number of aliphatic hydroxyl groups is 4. The van der Waals surface area contributed by atoms with Gasteiger partial charge in [0.15, 0.2) is 22.5 Å². The molecule has 0 saturated carbocycles. The van der Waals surface area contributed by atoms with Crippen molar-refractivity contribution in [3.8, 4) is 0 Å². The molecule has 0 amide bonds. The van der Waals surface area contributed by atoms with Crippen molar-refractivity contribution >= 4 is 78.7 Å². The first-order chi connectivity index (χ1) is 32.6. The van der Waals surface area contributed by atoms with Crippen molar-refractivity contribution in [1.82, 2.24) is 0 Å². The van der Waals surface area contributed by atoms with E-state index in [4.69, 9.17) is 4.84 Å². The van der Waals surface area contributed by atoms with E-state index < -0.39 is 21.0 Å². The van der Waals surface area contributed by atoms with Crippen molar-refractivity contribution in [3.05, 3.63) is 132 Å². The Hall–Kier alpha value is -5.51. The van der Waals surface area contributed by atoms with Crippen LogP contribution in [-0.4, -0.2) is 61.2 Å². The molecule has 8 rings (SSSR count). The normalized spacial score (nSPS) is 16.8. The fourth-order valence-corrected chi connectivity index (χ4v) is 13.2. The van der Waals surface area contributed by atoms with E-state index in [1.165, 1.54) is 62.8 Å². The van der Waals surface area contributed by atoms with Crippen LogP contribution in [0.4, 0.5) is 22.7 Å². The molecule has 4 aromatic rings. The number of aliphatic hydroxyl groups excluding tert-OH is 4. The summed E-state index contributed by atoms with van der Waals surface area (Å²) < 4.78 is 41.9. The lowest BCUT2D eigenvalue weighted by atomic mass is 9.90. The lowest BCUT2D eigenvalue weighted by Crippen LogP contribution is -2.33. The maximum absolute atomic E-state index is 12.3. The van der Waals surface area contributed by atoms with E-state index in [1.54, 1.807) is 35.2 Å². The van der Waals surface area contributed by atoms with E-state index >= 15 is 0 Å². The Kier molecular flexibility index (Phi) is 16.0. The molecule has 4 aliphatic rings. The van der Waals surface area contributed by atoms with Gasteiger partial charge < -0.3 is 29.6 Å². The second kappa shape index (κ2) is 20.2. The maximum atomic E-state index is 12.3. The molecular formula is C56H76N4O8S3. The van der Waals surface area contributed by atoms with E-state index in [0.717, 1.165) is 83.2 Å². The first kappa shape index (κ1) is 56.4. The van der Waals surface area contributed by atoms with Crippen LogP contribution < -0.4 is 18.0 Å². The largest absolute Gasteiger partial charge is 0.506 e. The Labute approximate surface area is 430 Å². The van der Waals surface area contributed by atoms with Crippen LogP contribution in [0.25, 0.3) is 23.0 Å². The first-order valence-corrected chi connectivity index (χ1v) is 26.9. The standard InChI is InChI=1S/C14H19NO3S.C14H19NO2S.C14H19NO2.C14H19NOS/c1-7-8(2)10(4)13-12(9(7)3)14(16)11(5)19(17,18)15(13)6;1-7-8(2)10(4)13-12(9(7)3)14(16)11(5)18(17)15(13)6;2*1-7-8(2)10(4)13-12(9(7)3)14(16)11(5)17-15(13)6/h16H,1-6H3;16H,1-6H3;2*16H,1-6H3. The molecule has 0 spiro atoms. The first-order valence-electron chi connectivity index (χ1n) is 23.6. The Bertz CT molecular complexity index is 3140. The van der Waals surface area contributed by atoms with Crippen LogP contribution in [0.1, 0.15) is 139 Å². The van der Waals surface area contributed by atoms with E-state index in [1.807, 2.05) is 69.5 Å². The number of anilines is 4. The molecule has 4 N–H and O–H groups in total. The Morgan fingerprint density at radius 2 is 0.761 bits per heavy atom. The minimum atomic E-state index is -3.61. The Balaban J connectivity index is 0.000000176. The molecule has 1 atom stereocenters. The van der Waals surface area contributed by atoms with Crippen molar-refractivity contribution < 1.29 is 37.9 Å². The van der Waals surface area contributed by atoms with Gasteiger partial charge in [-0.1, -0.05) is 0 Å². The van der Waals surface area contributed by atoms with Crippen molar-refractivity contribution in [3.63, 3.8) is 0 Å². The van der Waals surface area contributed by atoms with Gasteiger partial charge in [-0.3, -0.25) is 8.61 Å². The summed E-state index contributed by atoms with van der Waals surface area (Å²) in [5.41, 5.74) is 25.3. The molecule has 0 radical (unpaired) electrons. The number of allylic oxidation sites excluding steroid dienone is 4. The van der Waals surface area contributed by atoms with Crippen molar-refractivity contribution in [2.45, 2.75) is 138 Å². The van der Waals surface area contributed by atoms with Crippen molar-refractivity contribution in [2.24, 2.45) is 0 Å². The molecule has 0 saturated heterocycles. The molecule has 0 aromatic heterocycles. The molecule has 0 aliphatic carbocycles. The highest BCUT2D eigenvalue weighted by molar-refractivity contribution is 8.04. The van der Waals surface area contributed by atoms with Gasteiger partial charge in [0.1, 0.15) is 22.2 Å². The van der Waals surface area contributed by atoms with Crippen LogP contribution in [0, 0.1) is 111 Å². The number of hydrogen-bond acceptors (Lipinski definition) is 11. The van der Waals surface area contributed by atoms with E-state index in [0.29, 0.717) is 27.7 Å². The van der Waals surface area contributed by atoms with Crippen LogP contribution in [0.3, 0.4) is 0 Å². The summed E-state index contributed by atoms with van der Waals surface area (Å²) in [5.74, 6) is 1.28. The quantitative estimate of drug-likeness (QED) is 0.124. The topological polar surface area (TPSA) is 154 Å². The number of benzene rings is 4. The summed E-state index contributed by atoms with van der Waals surface area (Å²) in [6, 6.07) is 0. The predicted molar refractivity (Wildman–Crippen MR) is 302 cm³/mol. The summed E-state index contributed by atoms with van der Waals surface area (Å²) in [6.07, 6.45) is 0. The zero-order valence-electron chi connectivity index (χ0n) is 46.4. The molecule has 0 bridgehead atoms. The van der Waals surface area contributed by atoms with Crippen LogP contribution >= 0.6 is 11.9 Å². The van der Waals surface area contributed by atoms with Gasteiger partial charge in [0.2, 0.25) is 0 Å². The summed E-state index contributed by atoms with van der Waals surface area (Å²) >= 11 is 1.59. The number of hydrogen-bond donors (Lipinski definition) is 4. The highest BCUT2D eigenvalue weighted by atomic mass is 32.2. The summed E-state index contributed by atoms with van der Waals surface area (Å²) in [6.45, 7) is 39.6. The highest BCUT2D eigenvalue weighted by Crippen LogP contribution is 2.48. The van der Waals surface area contributed by atoms with E-state index in [-0.39, 0.29) is 22.2 Å². The van der Waals surface area contributed by atoms with Gasteiger partial charge in [-0.25, -0.2) is 17.7 Å². The third-order valence-electron chi connectivity index (χ3n) is 16.0. The third kappa shape index (κ3) is 9.09. The summed E-state index contributed by atoms with van der Waals surface area (Å²) in [4.78, 5) is 7.01. The molecule has 4 aromatic carbocycles. The number of sulfonamides is 1. The smallest absolute Gasteiger partial charge is 0.263 e. The predicted octanol–water partition coefficient (Wildman–Crippen LogP) is 14.0. The molecule has 71 heavy (non-hydrogen) atoms. The van der Waals surface area contributed by atoms with Gasteiger partial charge in [0.05, 0.1) is 33.2 Å². The molecule has 15 heteroatoms. The number of fused-ring (bicyclic) bond motifs is 4. The lowest BCUT2D eigenvalue weighted by Gasteiger charge is -2.32. The number of rotatable bonds is 0. The molecule has 386 valence electrons. The van der Waals surface area contributed by atoms with E-state index in [9.17, 15) is 33.1 Å². The number of hydroxylamine groups is 1. The Morgan fingerprint density at radius 1 is 0.423 bits per heavy atom. The zero-order chi connectivity index (χ0) is 54.3. The summed E-state index contributed by atoms with van der Waals surface area (Å²) in [5, 5.41) is 42.8. The van der Waals surface area contributed by atoms with Crippen LogP contribution in [0.15, 0.2) is 20.5 Å². The van der Waals surface area contributed by atoms with Crippen LogP contribution in [0.2, 0.25) is 0 Å². The minimum Gasteiger partial charge on any atom is -0.506 e. The zero-order valence-corrected chi connectivity index (χ0v) is 48.9. The molecule has 12 nitrogen and oxygen atoms in total. The van der Waals surface area contributed by atoms with Gasteiger partial charge in [-0.2, -0.15) is 0 Å². The van der Waals surface area contributed by atoms with Gasteiger partial charge in [-0.15, -0.1) is 0 Å². The van der Waals surface area contributed by atoms with Crippen LogP contribution in [-0.2, 0) is 25.8 Å². The average molecular weight is 1030 g/mol. The van der Waals surface area contributed by atoms with Gasteiger partial charge in [0.25, 0.3) is 10.0 Å². The monoisotopic (exact) mass is 1030 g/mol. The molecular weight excluding hydrogens is 953 g/mol. The summed E-state index contributed by atoms with van der Waals surface area (Å²) in [7, 11) is 2.37. The molecule has 4 heterocycles. The molecule has 0 fully saturated rings. The second-order valence-electron chi connectivity index (χ2n) is 19.4. The van der Waals surface area contributed by atoms with Crippen molar-refractivity contribution in [2.75, 3.05) is 46.2 Å². The van der Waals surface area contributed by atoms with Gasteiger partial charge in [0, 0.05) is 56.7 Å². The maximum Gasteiger partial charge on any atom is 0.263 e. The number of nitrogens with zero attached hydrogens (tertiary/aromatic N) is 4. The SMILES string of the molecule is CC1=C(O)c2c(C)c(C)c(C)c(C)c2N(C)O1.CC1=C(O)c2c(C)c(C)c(C)c(C)c2N(C)S1.CC1=C(O)c2c(C)c(C)c(C)c(C)c2N(C)S1(=O)=O.CC1=C(O)c2c(C)c(C)c(C)c(C)c2N(C)S1=O. The minimum absolute atomic E-state index is 0.00764. The second-order valence-corrected chi connectivity index (χ2v) is 24.5. The van der Waals surface area contributed by atoms with Gasteiger partial charge in [-0.05, 0) is 233 Å².